The van der Waals surface area contributed by atoms with Crippen molar-refractivity contribution in [3.63, 3.8) is 0 Å². The molecule has 0 saturated carbocycles. The summed E-state index contributed by atoms with van der Waals surface area (Å²) in [5, 5.41) is 3.97. The highest BCUT2D eigenvalue weighted by Crippen LogP contribution is 2.28. The molecule has 1 unspecified atom stereocenters. The first-order valence-corrected chi connectivity index (χ1v) is 7.81. The predicted octanol–water partition coefficient (Wildman–Crippen LogP) is 4.72. The van der Waals surface area contributed by atoms with Crippen molar-refractivity contribution in [2.45, 2.75) is 39.8 Å². The zero-order valence-corrected chi connectivity index (χ0v) is 13.9. The number of nitrogens with zero attached hydrogens (tertiary/aromatic N) is 2. The first-order chi connectivity index (χ1) is 9.61. The number of hydrogen-bond acceptors (Lipinski definition) is 3. The van der Waals surface area contributed by atoms with E-state index in [0.29, 0.717) is 6.04 Å². The molecule has 108 valence electrons. The summed E-state index contributed by atoms with van der Waals surface area (Å²) in [6.07, 6.45) is 1.11. The van der Waals surface area contributed by atoms with E-state index in [2.05, 4.69) is 58.0 Å². The van der Waals surface area contributed by atoms with Crippen LogP contribution in [0.1, 0.15) is 43.3 Å². The second-order valence-corrected chi connectivity index (χ2v) is 5.96. The van der Waals surface area contributed by atoms with E-state index in [1.165, 1.54) is 5.56 Å². The molecule has 1 heterocycles. The molecule has 0 spiro atoms. The van der Waals surface area contributed by atoms with Crippen LogP contribution in [0.4, 0.5) is 0 Å². The first-order valence-electron chi connectivity index (χ1n) is 7.02. The molecule has 0 fully saturated rings. The number of rotatable bonds is 6. The summed E-state index contributed by atoms with van der Waals surface area (Å²) in [6, 6.07) is 10.7. The molecular formula is C16H21BrN2O. The van der Waals surface area contributed by atoms with E-state index in [1.54, 1.807) is 0 Å². The molecule has 0 amide bonds. The number of hydrogen-bond donors (Lipinski definition) is 0. The van der Waals surface area contributed by atoms with Crippen LogP contribution >= 0.6 is 15.9 Å². The van der Waals surface area contributed by atoms with Crippen LogP contribution in [0.3, 0.4) is 0 Å². The van der Waals surface area contributed by atoms with Gasteiger partial charge in [-0.3, -0.25) is 4.90 Å². The molecule has 2 rings (SSSR count). The molecule has 1 aromatic carbocycles. The molecule has 0 saturated heterocycles. The third-order valence-corrected chi connectivity index (χ3v) is 4.17. The Kier molecular flexibility index (Phi) is 5.38. The van der Waals surface area contributed by atoms with E-state index in [9.17, 15) is 0 Å². The molecule has 4 heteroatoms. The van der Waals surface area contributed by atoms with Crippen LogP contribution in [0, 0.1) is 6.92 Å². The van der Waals surface area contributed by atoms with E-state index in [-0.39, 0.29) is 0 Å². The fourth-order valence-corrected chi connectivity index (χ4v) is 3.01. The summed E-state index contributed by atoms with van der Waals surface area (Å²) in [6.45, 7) is 8.21. The highest BCUT2D eigenvalue weighted by atomic mass is 79.9. The van der Waals surface area contributed by atoms with Gasteiger partial charge in [0.25, 0.3) is 0 Å². The van der Waals surface area contributed by atoms with E-state index >= 15 is 0 Å². The fourth-order valence-electron chi connectivity index (χ4n) is 2.40. The van der Waals surface area contributed by atoms with E-state index in [1.807, 2.05) is 19.1 Å². The van der Waals surface area contributed by atoms with Crippen LogP contribution in [0.25, 0.3) is 0 Å². The lowest BCUT2D eigenvalue weighted by molar-refractivity contribution is 0.178. The van der Waals surface area contributed by atoms with Crippen LogP contribution < -0.4 is 0 Å². The number of benzene rings is 1. The minimum Gasteiger partial charge on any atom is -0.360 e. The lowest BCUT2D eigenvalue weighted by Gasteiger charge is -2.28. The molecule has 3 nitrogen and oxygen atoms in total. The van der Waals surface area contributed by atoms with Crippen molar-refractivity contribution >= 4 is 15.9 Å². The van der Waals surface area contributed by atoms with Crippen LogP contribution in [0.15, 0.2) is 39.3 Å². The van der Waals surface area contributed by atoms with Crippen molar-refractivity contribution in [2.75, 3.05) is 6.54 Å². The third-order valence-electron chi connectivity index (χ3n) is 3.45. The molecule has 1 atom stereocenters. The zero-order valence-electron chi connectivity index (χ0n) is 12.3. The molecule has 0 aliphatic carbocycles. The van der Waals surface area contributed by atoms with E-state index in [4.69, 9.17) is 4.52 Å². The first kappa shape index (κ1) is 15.3. The number of halogens is 1. The van der Waals surface area contributed by atoms with Gasteiger partial charge in [-0.25, -0.2) is 0 Å². The molecular weight excluding hydrogens is 316 g/mol. The largest absolute Gasteiger partial charge is 0.360 e. The Morgan fingerprint density at radius 3 is 2.70 bits per heavy atom. The van der Waals surface area contributed by atoms with Crippen LogP contribution in [0.5, 0.6) is 0 Å². The van der Waals surface area contributed by atoms with Gasteiger partial charge in [-0.05, 0) is 38.4 Å². The lowest BCUT2D eigenvalue weighted by atomic mass is 10.1. The summed E-state index contributed by atoms with van der Waals surface area (Å²) in [5.41, 5.74) is 2.24. The summed E-state index contributed by atoms with van der Waals surface area (Å²) < 4.78 is 6.51. The monoisotopic (exact) mass is 336 g/mol. The van der Waals surface area contributed by atoms with Gasteiger partial charge in [0.15, 0.2) is 5.76 Å². The standard InChI is InChI=1S/C16H21BrN2O/c1-4-9-19(11-14-10-12(2)18-20-14)13(3)15-7-5-6-8-16(15)17/h5-8,10,13H,4,9,11H2,1-3H3. The Labute approximate surface area is 129 Å². The van der Waals surface area contributed by atoms with Crippen molar-refractivity contribution in [1.29, 1.82) is 0 Å². The SMILES string of the molecule is CCCN(Cc1cc(C)no1)C(C)c1ccccc1Br. The van der Waals surface area contributed by atoms with Gasteiger partial charge in [-0.1, -0.05) is 46.2 Å². The second-order valence-electron chi connectivity index (χ2n) is 5.10. The van der Waals surface area contributed by atoms with Gasteiger partial charge in [0.05, 0.1) is 12.2 Å². The molecule has 2 aromatic rings. The molecule has 1 aromatic heterocycles. The Bertz CT molecular complexity index is 553. The second kappa shape index (κ2) is 7.04. The van der Waals surface area contributed by atoms with Gasteiger partial charge in [-0.2, -0.15) is 0 Å². The maximum atomic E-state index is 5.35. The van der Waals surface area contributed by atoms with Crippen LogP contribution in [0.2, 0.25) is 0 Å². The molecule has 0 N–H and O–H groups in total. The maximum absolute atomic E-state index is 5.35. The molecule has 0 bridgehead atoms. The van der Waals surface area contributed by atoms with Crippen molar-refractivity contribution < 1.29 is 4.52 Å². The Morgan fingerprint density at radius 1 is 1.35 bits per heavy atom. The van der Waals surface area contributed by atoms with Gasteiger partial charge in [0.2, 0.25) is 0 Å². The van der Waals surface area contributed by atoms with E-state index < -0.39 is 0 Å². The summed E-state index contributed by atoms with van der Waals surface area (Å²) in [5.74, 6) is 0.926. The number of aryl methyl sites for hydroxylation is 1. The lowest BCUT2D eigenvalue weighted by Crippen LogP contribution is -2.27. The quantitative estimate of drug-likeness (QED) is 0.764. The average molecular weight is 337 g/mol. The van der Waals surface area contributed by atoms with E-state index in [0.717, 1.165) is 35.4 Å². The Morgan fingerprint density at radius 2 is 2.10 bits per heavy atom. The summed E-state index contributed by atoms with van der Waals surface area (Å²) >= 11 is 3.64. The molecule has 0 aliphatic heterocycles. The normalized spacial score (nSPS) is 12.8. The number of aromatic nitrogens is 1. The molecule has 0 radical (unpaired) electrons. The summed E-state index contributed by atoms with van der Waals surface area (Å²) in [4.78, 5) is 2.42. The minimum absolute atomic E-state index is 0.330. The maximum Gasteiger partial charge on any atom is 0.150 e. The highest BCUT2D eigenvalue weighted by Gasteiger charge is 2.18. The van der Waals surface area contributed by atoms with Crippen molar-refractivity contribution in [2.24, 2.45) is 0 Å². The minimum atomic E-state index is 0.330. The van der Waals surface area contributed by atoms with Crippen LogP contribution in [-0.2, 0) is 6.54 Å². The van der Waals surface area contributed by atoms with Gasteiger partial charge in [0, 0.05) is 16.6 Å². The Hall–Kier alpha value is -1.13. The van der Waals surface area contributed by atoms with Gasteiger partial charge in [-0.15, -0.1) is 0 Å². The fraction of sp³-hybridized carbons (Fsp3) is 0.438. The van der Waals surface area contributed by atoms with Gasteiger partial charge >= 0.3 is 0 Å². The Balaban J connectivity index is 2.17. The smallest absolute Gasteiger partial charge is 0.150 e. The topological polar surface area (TPSA) is 29.3 Å². The van der Waals surface area contributed by atoms with Crippen molar-refractivity contribution in [1.82, 2.24) is 10.1 Å². The summed E-state index contributed by atoms with van der Waals surface area (Å²) in [7, 11) is 0. The predicted molar refractivity (Wildman–Crippen MR) is 84.5 cm³/mol. The highest BCUT2D eigenvalue weighted by molar-refractivity contribution is 9.10. The van der Waals surface area contributed by atoms with Crippen molar-refractivity contribution in [3.8, 4) is 0 Å². The molecule has 0 aliphatic rings. The third kappa shape index (κ3) is 3.70. The average Bonchev–Trinajstić information content (AvgIpc) is 2.83. The van der Waals surface area contributed by atoms with Crippen molar-refractivity contribution in [3.05, 3.63) is 51.8 Å². The van der Waals surface area contributed by atoms with Gasteiger partial charge in [0.1, 0.15) is 0 Å². The van der Waals surface area contributed by atoms with Gasteiger partial charge < -0.3 is 4.52 Å². The zero-order chi connectivity index (χ0) is 14.5. The van der Waals surface area contributed by atoms with Crippen LogP contribution in [-0.4, -0.2) is 16.6 Å². The molecule has 20 heavy (non-hydrogen) atoms.